The fraction of sp³-hybridized carbons (Fsp3) is 0.526. The number of benzene rings is 1. The second-order valence-electron chi connectivity index (χ2n) is 6.64. The molecular weight excluding hydrogens is 300 g/mol. The summed E-state index contributed by atoms with van der Waals surface area (Å²) in [7, 11) is 1.70. The summed E-state index contributed by atoms with van der Waals surface area (Å²) in [5, 5.41) is 8.59. The fourth-order valence-corrected chi connectivity index (χ4v) is 4.06. The van der Waals surface area contributed by atoms with Crippen LogP contribution >= 0.6 is 0 Å². The first-order chi connectivity index (χ1) is 11.8. The monoisotopic (exact) mass is 326 g/mol. The van der Waals surface area contributed by atoms with Gasteiger partial charge in [-0.15, -0.1) is 0 Å². The maximum atomic E-state index is 5.27. The van der Waals surface area contributed by atoms with Crippen LogP contribution in [0.2, 0.25) is 0 Å². The van der Waals surface area contributed by atoms with Crippen molar-refractivity contribution >= 4 is 5.82 Å². The number of ether oxygens (including phenoxy) is 1. The van der Waals surface area contributed by atoms with Gasteiger partial charge in [-0.1, -0.05) is 13.3 Å². The minimum Gasteiger partial charge on any atom is -0.497 e. The Bertz CT molecular complexity index is 707. The highest BCUT2D eigenvalue weighted by Gasteiger charge is 2.31. The Labute approximate surface area is 143 Å². The summed E-state index contributed by atoms with van der Waals surface area (Å²) in [5.74, 6) is 2.05. The van der Waals surface area contributed by atoms with Crippen molar-refractivity contribution in [1.82, 2.24) is 14.7 Å². The molecule has 5 nitrogen and oxygen atoms in total. The van der Waals surface area contributed by atoms with Crippen LogP contribution in [0.1, 0.15) is 43.5 Å². The normalized spacial score (nSPS) is 20.7. The number of fused-ring (bicyclic) bond motifs is 1. The number of aromatic nitrogens is 2. The van der Waals surface area contributed by atoms with Crippen LogP contribution in [0, 0.1) is 0 Å². The van der Waals surface area contributed by atoms with E-state index in [1.807, 2.05) is 12.1 Å². The van der Waals surface area contributed by atoms with E-state index in [0.29, 0.717) is 6.04 Å². The van der Waals surface area contributed by atoms with Gasteiger partial charge in [0.25, 0.3) is 0 Å². The number of likely N-dealkylation sites (tertiary alicyclic amines) is 1. The third kappa shape index (κ3) is 2.57. The Morgan fingerprint density at radius 3 is 2.83 bits per heavy atom. The molecule has 0 radical (unpaired) electrons. The van der Waals surface area contributed by atoms with E-state index in [0.717, 1.165) is 30.9 Å². The van der Waals surface area contributed by atoms with Gasteiger partial charge in [0.05, 0.1) is 24.5 Å². The zero-order valence-electron chi connectivity index (χ0n) is 14.6. The Morgan fingerprint density at radius 2 is 2.08 bits per heavy atom. The zero-order valence-corrected chi connectivity index (χ0v) is 14.6. The van der Waals surface area contributed by atoms with Gasteiger partial charge in [0.2, 0.25) is 0 Å². The summed E-state index contributed by atoms with van der Waals surface area (Å²) in [4.78, 5) is 2.59. The van der Waals surface area contributed by atoms with Crippen molar-refractivity contribution in [2.45, 2.75) is 38.6 Å². The fourth-order valence-electron chi connectivity index (χ4n) is 4.06. The highest BCUT2D eigenvalue weighted by molar-refractivity contribution is 5.58. The zero-order chi connectivity index (χ0) is 16.5. The van der Waals surface area contributed by atoms with E-state index in [4.69, 9.17) is 9.84 Å². The van der Waals surface area contributed by atoms with Gasteiger partial charge in [-0.25, -0.2) is 4.68 Å². The van der Waals surface area contributed by atoms with Crippen molar-refractivity contribution < 1.29 is 4.74 Å². The van der Waals surface area contributed by atoms with Crippen LogP contribution in [0.3, 0.4) is 0 Å². The Balaban J connectivity index is 1.74. The number of methoxy groups -OCH3 is 1. The molecule has 3 heterocycles. The van der Waals surface area contributed by atoms with Gasteiger partial charge in [0.15, 0.2) is 0 Å². The molecule has 1 aromatic heterocycles. The summed E-state index contributed by atoms with van der Waals surface area (Å²) in [5.41, 5.74) is 3.79. The van der Waals surface area contributed by atoms with Crippen LogP contribution < -0.4 is 10.1 Å². The molecule has 1 atom stereocenters. The van der Waals surface area contributed by atoms with Gasteiger partial charge >= 0.3 is 0 Å². The molecule has 1 aromatic carbocycles. The molecule has 4 rings (SSSR count). The average molecular weight is 326 g/mol. The first-order valence-corrected chi connectivity index (χ1v) is 9.06. The largest absolute Gasteiger partial charge is 0.497 e. The van der Waals surface area contributed by atoms with Gasteiger partial charge in [-0.2, -0.15) is 5.10 Å². The number of hydrogen-bond acceptors (Lipinski definition) is 4. The van der Waals surface area contributed by atoms with Crippen LogP contribution in [0.15, 0.2) is 24.3 Å². The second-order valence-corrected chi connectivity index (χ2v) is 6.64. The Morgan fingerprint density at radius 1 is 1.25 bits per heavy atom. The molecule has 1 unspecified atom stereocenters. The quantitative estimate of drug-likeness (QED) is 0.935. The molecule has 0 spiro atoms. The minimum absolute atomic E-state index is 0.469. The lowest BCUT2D eigenvalue weighted by molar-refractivity contribution is 0.153. The Kier molecular flexibility index (Phi) is 4.19. The molecule has 0 amide bonds. The molecular formula is C19H26N4O. The number of nitrogens with one attached hydrogen (secondary N) is 1. The first kappa shape index (κ1) is 15.5. The van der Waals surface area contributed by atoms with E-state index in [1.165, 1.54) is 42.9 Å². The van der Waals surface area contributed by atoms with Crippen molar-refractivity contribution in [2.24, 2.45) is 0 Å². The molecule has 0 bridgehead atoms. The third-order valence-electron chi connectivity index (χ3n) is 5.33. The summed E-state index contributed by atoms with van der Waals surface area (Å²) >= 11 is 0. The first-order valence-electron chi connectivity index (χ1n) is 9.06. The predicted molar refractivity (Wildman–Crippen MR) is 96.1 cm³/mol. The lowest BCUT2D eigenvalue weighted by Crippen LogP contribution is -2.33. The van der Waals surface area contributed by atoms with Crippen LogP contribution in [0.25, 0.3) is 5.69 Å². The third-order valence-corrected chi connectivity index (χ3v) is 5.33. The summed E-state index contributed by atoms with van der Waals surface area (Å²) in [6, 6.07) is 8.62. The van der Waals surface area contributed by atoms with Crippen LogP contribution in [0.4, 0.5) is 5.82 Å². The van der Waals surface area contributed by atoms with Gasteiger partial charge < -0.3 is 10.1 Å². The number of rotatable bonds is 4. The van der Waals surface area contributed by atoms with Gasteiger partial charge in [-0.05, 0) is 56.6 Å². The Hall–Kier alpha value is -2.01. The predicted octanol–water partition coefficient (Wildman–Crippen LogP) is 3.40. The lowest BCUT2D eigenvalue weighted by Gasteiger charge is -2.34. The average Bonchev–Trinajstić information content (AvgIpc) is 3.24. The molecule has 128 valence electrons. The maximum Gasteiger partial charge on any atom is 0.133 e. The lowest BCUT2D eigenvalue weighted by atomic mass is 9.96. The number of piperidine rings is 1. The molecule has 1 saturated heterocycles. The number of anilines is 1. The van der Waals surface area contributed by atoms with Gasteiger partial charge in [-0.3, -0.25) is 4.90 Å². The van der Waals surface area contributed by atoms with Crippen molar-refractivity contribution in [3.05, 3.63) is 35.5 Å². The molecule has 0 aliphatic carbocycles. The van der Waals surface area contributed by atoms with Crippen molar-refractivity contribution in [2.75, 3.05) is 32.1 Å². The standard InChI is InChI=1S/C19H26N4O/c1-3-22-13-5-4-6-17(22)18-16-11-12-20-19(16)23(21-18)14-7-9-15(24-2)10-8-14/h7-10,17,20H,3-6,11-13H2,1-2H3. The van der Waals surface area contributed by atoms with E-state index < -0.39 is 0 Å². The van der Waals surface area contributed by atoms with Crippen LogP contribution in [-0.2, 0) is 6.42 Å². The van der Waals surface area contributed by atoms with Crippen LogP contribution in [-0.4, -0.2) is 41.4 Å². The molecule has 2 aliphatic rings. The van der Waals surface area contributed by atoms with Crippen molar-refractivity contribution in [3.63, 3.8) is 0 Å². The number of nitrogens with zero attached hydrogens (tertiary/aromatic N) is 3. The highest BCUT2D eigenvalue weighted by Crippen LogP contribution is 2.38. The highest BCUT2D eigenvalue weighted by atomic mass is 16.5. The van der Waals surface area contributed by atoms with Crippen molar-refractivity contribution in [1.29, 1.82) is 0 Å². The molecule has 1 fully saturated rings. The van der Waals surface area contributed by atoms with Crippen LogP contribution in [0.5, 0.6) is 5.75 Å². The van der Waals surface area contributed by atoms with E-state index in [9.17, 15) is 0 Å². The number of hydrogen-bond donors (Lipinski definition) is 1. The molecule has 2 aromatic rings. The molecule has 2 aliphatic heterocycles. The SMILES string of the molecule is CCN1CCCCC1c1nn(-c2ccc(OC)cc2)c2c1CCN2. The van der Waals surface area contributed by atoms with Gasteiger partial charge in [0.1, 0.15) is 11.6 Å². The maximum absolute atomic E-state index is 5.27. The summed E-state index contributed by atoms with van der Waals surface area (Å²) in [6.45, 7) is 5.56. The molecule has 1 N–H and O–H groups in total. The topological polar surface area (TPSA) is 42.3 Å². The van der Waals surface area contributed by atoms with E-state index in [2.05, 4.69) is 34.0 Å². The summed E-state index contributed by atoms with van der Waals surface area (Å²) in [6.07, 6.45) is 4.91. The smallest absolute Gasteiger partial charge is 0.133 e. The second kappa shape index (κ2) is 6.48. The van der Waals surface area contributed by atoms with E-state index in [-0.39, 0.29) is 0 Å². The van der Waals surface area contributed by atoms with Gasteiger partial charge in [0, 0.05) is 12.1 Å². The van der Waals surface area contributed by atoms with Crippen molar-refractivity contribution in [3.8, 4) is 11.4 Å². The van der Waals surface area contributed by atoms with E-state index >= 15 is 0 Å². The molecule has 5 heteroatoms. The summed E-state index contributed by atoms with van der Waals surface area (Å²) < 4.78 is 7.36. The molecule has 24 heavy (non-hydrogen) atoms. The molecule has 0 saturated carbocycles. The van der Waals surface area contributed by atoms with E-state index in [1.54, 1.807) is 7.11 Å². The minimum atomic E-state index is 0.469.